The molecular formula is C16H17NO. The summed E-state index contributed by atoms with van der Waals surface area (Å²) in [4.78, 5) is 0. The van der Waals surface area contributed by atoms with Gasteiger partial charge in [-0.2, -0.15) is 0 Å². The van der Waals surface area contributed by atoms with Crippen LogP contribution >= 0.6 is 0 Å². The van der Waals surface area contributed by atoms with Gasteiger partial charge >= 0.3 is 0 Å². The van der Waals surface area contributed by atoms with Crippen LogP contribution in [0.15, 0.2) is 48.5 Å². The van der Waals surface area contributed by atoms with Gasteiger partial charge in [0.2, 0.25) is 0 Å². The van der Waals surface area contributed by atoms with E-state index < -0.39 is 0 Å². The summed E-state index contributed by atoms with van der Waals surface area (Å²) in [5.41, 5.74) is 2.47. The van der Waals surface area contributed by atoms with Crippen LogP contribution < -0.4 is 0 Å². The molecule has 0 aliphatic rings. The molecule has 0 spiro atoms. The van der Waals surface area contributed by atoms with Crippen LogP contribution in [0.3, 0.4) is 0 Å². The van der Waals surface area contributed by atoms with E-state index in [4.69, 9.17) is 4.74 Å². The highest BCUT2D eigenvalue weighted by atomic mass is 16.5. The highest BCUT2D eigenvalue weighted by Gasteiger charge is 2.13. The van der Waals surface area contributed by atoms with Crippen LogP contribution in [0.2, 0.25) is 0 Å². The van der Waals surface area contributed by atoms with E-state index in [0.717, 1.165) is 6.61 Å². The van der Waals surface area contributed by atoms with E-state index in [-0.39, 0.29) is 6.23 Å². The van der Waals surface area contributed by atoms with Gasteiger partial charge in [0.05, 0.1) is 11.0 Å². The number of nitrogens with zero attached hydrogens (tertiary/aromatic N) is 1. The number of para-hydroxylation sites is 2. The van der Waals surface area contributed by atoms with Gasteiger partial charge in [-0.05, 0) is 26.0 Å². The van der Waals surface area contributed by atoms with E-state index in [1.54, 1.807) is 0 Å². The number of ether oxygens (including phenoxy) is 1. The van der Waals surface area contributed by atoms with Crippen molar-refractivity contribution in [1.82, 2.24) is 4.57 Å². The maximum atomic E-state index is 5.77. The first-order valence-electron chi connectivity index (χ1n) is 6.42. The Kier molecular flexibility index (Phi) is 2.80. The first kappa shape index (κ1) is 11.3. The predicted octanol–water partition coefficient (Wildman–Crippen LogP) is 4.35. The zero-order valence-corrected chi connectivity index (χ0v) is 10.8. The lowest BCUT2D eigenvalue weighted by molar-refractivity contribution is 0.0308. The Morgan fingerprint density at radius 2 is 1.44 bits per heavy atom. The van der Waals surface area contributed by atoms with Gasteiger partial charge in [0.1, 0.15) is 6.23 Å². The molecule has 0 unspecified atom stereocenters. The largest absolute Gasteiger partial charge is 0.359 e. The van der Waals surface area contributed by atoms with Gasteiger partial charge in [-0.25, -0.2) is 0 Å². The molecular weight excluding hydrogens is 222 g/mol. The van der Waals surface area contributed by atoms with Gasteiger partial charge in [-0.3, -0.25) is 0 Å². The molecule has 0 saturated carbocycles. The van der Waals surface area contributed by atoms with Gasteiger partial charge in [0.15, 0.2) is 0 Å². The number of hydrogen-bond donors (Lipinski definition) is 0. The quantitative estimate of drug-likeness (QED) is 0.662. The summed E-state index contributed by atoms with van der Waals surface area (Å²) < 4.78 is 8.04. The molecule has 0 saturated heterocycles. The lowest BCUT2D eigenvalue weighted by Gasteiger charge is -2.16. The Balaban J connectivity index is 2.38. The molecule has 3 aromatic rings. The minimum Gasteiger partial charge on any atom is -0.359 e. The fourth-order valence-electron chi connectivity index (χ4n) is 2.66. The van der Waals surface area contributed by atoms with E-state index in [9.17, 15) is 0 Å². The number of rotatable bonds is 3. The first-order chi connectivity index (χ1) is 8.83. The van der Waals surface area contributed by atoms with Crippen molar-refractivity contribution in [3.63, 3.8) is 0 Å². The lowest BCUT2D eigenvalue weighted by Crippen LogP contribution is -2.08. The van der Waals surface area contributed by atoms with Gasteiger partial charge in [0, 0.05) is 17.4 Å². The number of hydrogen-bond acceptors (Lipinski definition) is 1. The van der Waals surface area contributed by atoms with Crippen molar-refractivity contribution < 1.29 is 4.74 Å². The maximum Gasteiger partial charge on any atom is 0.131 e. The molecule has 0 fully saturated rings. The molecule has 18 heavy (non-hydrogen) atoms. The third-order valence-corrected chi connectivity index (χ3v) is 3.39. The highest BCUT2D eigenvalue weighted by Crippen LogP contribution is 2.31. The van der Waals surface area contributed by atoms with Crippen LogP contribution in [0.4, 0.5) is 0 Å². The van der Waals surface area contributed by atoms with E-state index in [1.807, 2.05) is 6.92 Å². The molecule has 0 amide bonds. The second kappa shape index (κ2) is 4.46. The summed E-state index contributed by atoms with van der Waals surface area (Å²) in [7, 11) is 0. The van der Waals surface area contributed by atoms with Gasteiger partial charge in [-0.1, -0.05) is 36.4 Å². The van der Waals surface area contributed by atoms with Crippen molar-refractivity contribution in [3.8, 4) is 0 Å². The normalized spacial score (nSPS) is 13.2. The van der Waals surface area contributed by atoms with E-state index in [0.29, 0.717) is 0 Å². The van der Waals surface area contributed by atoms with Gasteiger partial charge < -0.3 is 9.30 Å². The molecule has 0 bridgehead atoms. The van der Waals surface area contributed by atoms with E-state index in [2.05, 4.69) is 60.0 Å². The number of fused-ring (bicyclic) bond motifs is 3. The molecule has 92 valence electrons. The van der Waals surface area contributed by atoms with Crippen LogP contribution in [-0.2, 0) is 4.74 Å². The summed E-state index contributed by atoms with van der Waals surface area (Å²) in [5, 5.41) is 2.58. The Hall–Kier alpha value is -1.80. The molecule has 2 heteroatoms. The Morgan fingerprint density at radius 1 is 0.944 bits per heavy atom. The minimum absolute atomic E-state index is 0.0554. The third kappa shape index (κ3) is 1.61. The van der Waals surface area contributed by atoms with Crippen molar-refractivity contribution in [2.75, 3.05) is 6.61 Å². The summed E-state index contributed by atoms with van der Waals surface area (Å²) >= 11 is 0. The minimum atomic E-state index is 0.0554. The smallest absolute Gasteiger partial charge is 0.131 e. The highest BCUT2D eigenvalue weighted by molar-refractivity contribution is 6.08. The fourth-order valence-corrected chi connectivity index (χ4v) is 2.66. The zero-order chi connectivity index (χ0) is 12.5. The molecule has 0 aliphatic heterocycles. The molecule has 1 aromatic heterocycles. The maximum absolute atomic E-state index is 5.77. The van der Waals surface area contributed by atoms with Crippen molar-refractivity contribution in [3.05, 3.63) is 48.5 Å². The Labute approximate surface area is 107 Å². The van der Waals surface area contributed by atoms with Crippen LogP contribution in [0.1, 0.15) is 20.1 Å². The molecule has 3 rings (SSSR count). The standard InChI is InChI=1S/C16H17NO/c1-3-18-12(2)17-15-10-6-4-8-13(15)14-9-5-7-11-16(14)17/h4-12H,3H2,1-2H3/t12-/m1/s1. The first-order valence-corrected chi connectivity index (χ1v) is 6.42. The monoisotopic (exact) mass is 239 g/mol. The molecule has 0 aliphatic carbocycles. The average Bonchev–Trinajstić information content (AvgIpc) is 2.73. The zero-order valence-electron chi connectivity index (χ0n) is 10.8. The van der Waals surface area contributed by atoms with Gasteiger partial charge in [0.25, 0.3) is 0 Å². The van der Waals surface area contributed by atoms with Crippen LogP contribution in [0.25, 0.3) is 21.8 Å². The third-order valence-electron chi connectivity index (χ3n) is 3.39. The lowest BCUT2D eigenvalue weighted by atomic mass is 10.2. The van der Waals surface area contributed by atoms with Gasteiger partial charge in [-0.15, -0.1) is 0 Å². The van der Waals surface area contributed by atoms with Crippen molar-refractivity contribution in [2.45, 2.75) is 20.1 Å². The molecule has 1 heterocycles. The molecule has 1 atom stereocenters. The molecule has 2 aromatic carbocycles. The van der Waals surface area contributed by atoms with Crippen LogP contribution in [0.5, 0.6) is 0 Å². The van der Waals surface area contributed by atoms with Crippen LogP contribution in [0, 0.1) is 0 Å². The second-order valence-electron chi connectivity index (χ2n) is 4.46. The second-order valence-corrected chi connectivity index (χ2v) is 4.46. The average molecular weight is 239 g/mol. The van der Waals surface area contributed by atoms with Crippen molar-refractivity contribution >= 4 is 21.8 Å². The Bertz CT molecular complexity index is 630. The number of benzene rings is 2. The topological polar surface area (TPSA) is 14.2 Å². The van der Waals surface area contributed by atoms with Crippen LogP contribution in [-0.4, -0.2) is 11.2 Å². The summed E-state index contributed by atoms with van der Waals surface area (Å²) in [6, 6.07) is 17.0. The number of aromatic nitrogens is 1. The summed E-state index contributed by atoms with van der Waals surface area (Å²) in [6.45, 7) is 4.86. The Morgan fingerprint density at radius 3 is 1.94 bits per heavy atom. The predicted molar refractivity (Wildman–Crippen MR) is 75.8 cm³/mol. The summed E-state index contributed by atoms with van der Waals surface area (Å²) in [5.74, 6) is 0. The van der Waals surface area contributed by atoms with Crippen molar-refractivity contribution in [2.24, 2.45) is 0 Å². The molecule has 0 N–H and O–H groups in total. The summed E-state index contributed by atoms with van der Waals surface area (Å²) in [6.07, 6.45) is 0.0554. The SMILES string of the molecule is CCO[C@H](C)n1c2ccccc2c2ccccc21. The van der Waals surface area contributed by atoms with E-state index >= 15 is 0 Å². The fraction of sp³-hybridized carbons (Fsp3) is 0.250. The molecule has 2 nitrogen and oxygen atoms in total. The molecule has 0 radical (unpaired) electrons. The van der Waals surface area contributed by atoms with E-state index in [1.165, 1.54) is 21.8 Å². The van der Waals surface area contributed by atoms with Crippen molar-refractivity contribution in [1.29, 1.82) is 0 Å².